The summed E-state index contributed by atoms with van der Waals surface area (Å²) in [7, 11) is 1.66. The Kier molecular flexibility index (Phi) is 6.79. The first-order chi connectivity index (χ1) is 10.3. The molecule has 0 saturated carbocycles. The Hall–Kier alpha value is -1.30. The van der Waals surface area contributed by atoms with Crippen LogP contribution in [0, 0.1) is 0 Å². The molecule has 1 aromatic rings. The van der Waals surface area contributed by atoms with E-state index in [1.165, 1.54) is 5.56 Å². The van der Waals surface area contributed by atoms with Gasteiger partial charge >= 0.3 is 0 Å². The molecule has 0 saturated heterocycles. The molecule has 1 N–H and O–H groups in total. The van der Waals surface area contributed by atoms with E-state index < -0.39 is 0 Å². The van der Waals surface area contributed by atoms with Gasteiger partial charge in [0, 0.05) is 18.7 Å². The lowest BCUT2D eigenvalue weighted by Crippen LogP contribution is -2.22. The molecule has 0 fully saturated rings. The summed E-state index contributed by atoms with van der Waals surface area (Å²) in [5, 5.41) is 3.48. The molecule has 1 atom stereocenters. The van der Waals surface area contributed by atoms with Gasteiger partial charge < -0.3 is 24.3 Å². The van der Waals surface area contributed by atoms with Crippen LogP contribution in [0.3, 0.4) is 0 Å². The molecule has 1 aliphatic heterocycles. The third kappa shape index (κ3) is 4.88. The first-order valence-electron chi connectivity index (χ1n) is 7.54. The van der Waals surface area contributed by atoms with Crippen molar-refractivity contribution in [1.82, 2.24) is 5.32 Å². The molecule has 0 aromatic heterocycles. The van der Waals surface area contributed by atoms with Crippen molar-refractivity contribution < 1.29 is 18.9 Å². The van der Waals surface area contributed by atoms with Crippen molar-refractivity contribution in [1.29, 1.82) is 0 Å². The highest BCUT2D eigenvalue weighted by Gasteiger charge is 2.23. The summed E-state index contributed by atoms with van der Waals surface area (Å²) in [6.45, 7) is 6.15. The normalized spacial score (nSPS) is 16.6. The van der Waals surface area contributed by atoms with Gasteiger partial charge in [-0.3, -0.25) is 0 Å². The highest BCUT2D eigenvalue weighted by atomic mass is 16.5. The zero-order chi connectivity index (χ0) is 14.9. The van der Waals surface area contributed by atoms with Crippen molar-refractivity contribution in [2.24, 2.45) is 0 Å². The van der Waals surface area contributed by atoms with E-state index in [9.17, 15) is 0 Å². The SMILES string of the molecule is CCCNC1COc2cc(OCCOCCOC)ccc21. The molecule has 5 nitrogen and oxygen atoms in total. The van der Waals surface area contributed by atoms with Crippen LogP contribution in [-0.4, -0.2) is 46.7 Å². The molecule has 0 spiro atoms. The molecule has 5 heteroatoms. The average Bonchev–Trinajstić information content (AvgIpc) is 2.91. The van der Waals surface area contributed by atoms with Crippen molar-refractivity contribution in [2.75, 3.05) is 46.7 Å². The Labute approximate surface area is 126 Å². The predicted molar refractivity (Wildman–Crippen MR) is 81.2 cm³/mol. The van der Waals surface area contributed by atoms with Gasteiger partial charge in [0.25, 0.3) is 0 Å². The molecule has 0 radical (unpaired) electrons. The van der Waals surface area contributed by atoms with Crippen LogP contribution in [0.5, 0.6) is 11.5 Å². The molecule has 2 rings (SSSR count). The quantitative estimate of drug-likeness (QED) is 0.670. The molecular formula is C16H25NO4. The molecule has 0 amide bonds. The minimum absolute atomic E-state index is 0.298. The fourth-order valence-electron chi connectivity index (χ4n) is 2.23. The second-order valence-electron chi connectivity index (χ2n) is 4.97. The summed E-state index contributed by atoms with van der Waals surface area (Å²) < 4.78 is 21.6. The number of hydrogen-bond donors (Lipinski definition) is 1. The minimum Gasteiger partial charge on any atom is -0.491 e. The van der Waals surface area contributed by atoms with E-state index in [0.29, 0.717) is 39.1 Å². The number of nitrogens with one attached hydrogen (secondary N) is 1. The van der Waals surface area contributed by atoms with Crippen LogP contribution >= 0.6 is 0 Å². The summed E-state index contributed by atoms with van der Waals surface area (Å²) in [6, 6.07) is 6.32. The number of methoxy groups -OCH3 is 1. The fourth-order valence-corrected chi connectivity index (χ4v) is 2.23. The topological polar surface area (TPSA) is 49.0 Å². The van der Waals surface area contributed by atoms with E-state index >= 15 is 0 Å². The first-order valence-corrected chi connectivity index (χ1v) is 7.54. The second-order valence-corrected chi connectivity index (χ2v) is 4.97. The summed E-state index contributed by atoms with van der Waals surface area (Å²) in [5.74, 6) is 1.74. The molecule has 21 heavy (non-hydrogen) atoms. The maximum absolute atomic E-state index is 5.72. The third-order valence-electron chi connectivity index (χ3n) is 3.33. The van der Waals surface area contributed by atoms with Crippen LogP contribution in [0.2, 0.25) is 0 Å². The van der Waals surface area contributed by atoms with Gasteiger partial charge in [-0.25, -0.2) is 0 Å². The average molecular weight is 295 g/mol. The lowest BCUT2D eigenvalue weighted by Gasteiger charge is -2.11. The summed E-state index contributed by atoms with van der Waals surface area (Å²) >= 11 is 0. The summed E-state index contributed by atoms with van der Waals surface area (Å²) in [6.07, 6.45) is 1.12. The van der Waals surface area contributed by atoms with Crippen LogP contribution < -0.4 is 14.8 Å². The van der Waals surface area contributed by atoms with Crippen molar-refractivity contribution in [3.05, 3.63) is 23.8 Å². The molecule has 118 valence electrons. The maximum atomic E-state index is 5.72. The molecule has 1 aromatic carbocycles. The van der Waals surface area contributed by atoms with Crippen LogP contribution in [0.4, 0.5) is 0 Å². The highest BCUT2D eigenvalue weighted by molar-refractivity contribution is 5.45. The van der Waals surface area contributed by atoms with Crippen molar-refractivity contribution >= 4 is 0 Å². The van der Waals surface area contributed by atoms with Gasteiger partial charge in [-0.15, -0.1) is 0 Å². The van der Waals surface area contributed by atoms with Crippen LogP contribution in [0.1, 0.15) is 24.9 Å². The molecule has 0 aliphatic carbocycles. The van der Waals surface area contributed by atoms with Gasteiger partial charge in [0.05, 0.1) is 25.9 Å². The lowest BCUT2D eigenvalue weighted by atomic mass is 10.1. The fraction of sp³-hybridized carbons (Fsp3) is 0.625. The Balaban J connectivity index is 1.76. The minimum atomic E-state index is 0.298. The number of fused-ring (bicyclic) bond motifs is 1. The molecule has 1 unspecified atom stereocenters. The van der Waals surface area contributed by atoms with E-state index in [2.05, 4.69) is 18.3 Å². The molecule has 0 bridgehead atoms. The summed E-state index contributed by atoms with van der Waals surface area (Å²) in [5.41, 5.74) is 1.21. The molecular weight excluding hydrogens is 270 g/mol. The predicted octanol–water partition coefficient (Wildman–Crippen LogP) is 2.16. The van der Waals surface area contributed by atoms with E-state index in [4.69, 9.17) is 18.9 Å². The van der Waals surface area contributed by atoms with Crippen LogP contribution in [-0.2, 0) is 9.47 Å². The van der Waals surface area contributed by atoms with E-state index in [-0.39, 0.29) is 0 Å². The smallest absolute Gasteiger partial charge is 0.127 e. The Morgan fingerprint density at radius 1 is 1.24 bits per heavy atom. The Morgan fingerprint density at radius 3 is 2.90 bits per heavy atom. The highest BCUT2D eigenvalue weighted by Crippen LogP contribution is 2.35. The Morgan fingerprint density at radius 2 is 2.10 bits per heavy atom. The lowest BCUT2D eigenvalue weighted by molar-refractivity contribution is 0.0544. The van der Waals surface area contributed by atoms with E-state index in [1.807, 2.05) is 12.1 Å². The number of benzene rings is 1. The number of hydrogen-bond acceptors (Lipinski definition) is 5. The van der Waals surface area contributed by atoms with Crippen molar-refractivity contribution in [3.63, 3.8) is 0 Å². The monoisotopic (exact) mass is 295 g/mol. The zero-order valence-electron chi connectivity index (χ0n) is 12.9. The van der Waals surface area contributed by atoms with Gasteiger partial charge in [0.1, 0.15) is 24.7 Å². The van der Waals surface area contributed by atoms with Gasteiger partial charge in [-0.2, -0.15) is 0 Å². The summed E-state index contributed by atoms with van der Waals surface area (Å²) in [4.78, 5) is 0. The van der Waals surface area contributed by atoms with Gasteiger partial charge in [-0.05, 0) is 25.1 Å². The zero-order valence-corrected chi connectivity index (χ0v) is 12.9. The van der Waals surface area contributed by atoms with Crippen LogP contribution in [0.25, 0.3) is 0 Å². The van der Waals surface area contributed by atoms with E-state index in [0.717, 1.165) is 24.5 Å². The van der Waals surface area contributed by atoms with Gasteiger partial charge in [-0.1, -0.05) is 6.92 Å². The van der Waals surface area contributed by atoms with Crippen LogP contribution in [0.15, 0.2) is 18.2 Å². The molecule has 1 heterocycles. The second kappa shape index (κ2) is 8.87. The van der Waals surface area contributed by atoms with Gasteiger partial charge in [0.2, 0.25) is 0 Å². The first kappa shape index (κ1) is 16.1. The molecule has 1 aliphatic rings. The van der Waals surface area contributed by atoms with Crippen molar-refractivity contribution in [2.45, 2.75) is 19.4 Å². The largest absolute Gasteiger partial charge is 0.491 e. The third-order valence-corrected chi connectivity index (χ3v) is 3.33. The van der Waals surface area contributed by atoms with Crippen molar-refractivity contribution in [3.8, 4) is 11.5 Å². The standard InChI is InChI=1S/C16H25NO4/c1-3-6-17-15-12-21-16-11-13(4-5-14(15)16)20-10-9-19-8-7-18-2/h4-5,11,15,17H,3,6-10,12H2,1-2H3. The van der Waals surface area contributed by atoms with E-state index in [1.54, 1.807) is 7.11 Å². The number of rotatable bonds is 10. The Bertz CT molecular complexity index is 425. The van der Waals surface area contributed by atoms with Gasteiger partial charge in [0.15, 0.2) is 0 Å². The maximum Gasteiger partial charge on any atom is 0.127 e. The number of ether oxygens (including phenoxy) is 4.